The van der Waals surface area contributed by atoms with E-state index in [-0.39, 0.29) is 0 Å². The molecule has 264 valence electrons. The van der Waals surface area contributed by atoms with E-state index in [1.807, 2.05) is 0 Å². The fourth-order valence-electron chi connectivity index (χ4n) is 9.66. The smallest absolute Gasteiger partial charge is 0.399 e. The Labute approximate surface area is 321 Å². The average Bonchev–Trinajstić information content (AvgIpc) is 3.80. The molecule has 1 aliphatic carbocycles. The summed E-state index contributed by atoms with van der Waals surface area (Å²) in [5, 5.41) is 7.46. The van der Waals surface area contributed by atoms with E-state index in [9.17, 15) is 0 Å². The SMILES string of the molecule is CC1(C)OB(c2ccc3c4c5ccccc5c5ccccc5c4n(-c4ccc5c(c4)-c4ccccc4C5(c4ccccc4)c4ccccc4)c3c2)OC1(C)C. The molecule has 1 saturated heterocycles. The van der Waals surface area contributed by atoms with E-state index in [1.54, 1.807) is 0 Å². The van der Waals surface area contributed by atoms with Gasteiger partial charge >= 0.3 is 7.12 Å². The van der Waals surface area contributed by atoms with Crippen LogP contribution in [0.5, 0.6) is 0 Å². The molecular weight excluding hydrogens is 669 g/mol. The van der Waals surface area contributed by atoms with Crippen molar-refractivity contribution in [2.24, 2.45) is 0 Å². The molecule has 0 amide bonds. The molecule has 0 saturated carbocycles. The Hall–Kier alpha value is -5.94. The molecule has 1 aliphatic heterocycles. The van der Waals surface area contributed by atoms with Gasteiger partial charge < -0.3 is 13.9 Å². The second-order valence-electron chi connectivity index (χ2n) is 16.3. The Bertz CT molecular complexity index is 2940. The van der Waals surface area contributed by atoms with Gasteiger partial charge in [0.05, 0.1) is 27.7 Å². The third kappa shape index (κ3) is 4.41. The largest absolute Gasteiger partial charge is 0.494 e. The highest BCUT2D eigenvalue weighted by atomic mass is 16.7. The van der Waals surface area contributed by atoms with Crippen LogP contribution in [0.25, 0.3) is 60.2 Å². The first-order valence-electron chi connectivity index (χ1n) is 19.4. The molecule has 0 spiro atoms. The molecule has 0 N–H and O–H groups in total. The van der Waals surface area contributed by atoms with Gasteiger partial charge in [-0.05, 0) is 101 Å². The Morgan fingerprint density at radius 2 is 1.00 bits per heavy atom. The van der Waals surface area contributed by atoms with Crippen LogP contribution in [0, 0.1) is 0 Å². The quantitative estimate of drug-likeness (QED) is 0.134. The standard InChI is InChI=1S/C51H40BNO2/c1-49(2)50(3,4)55-52(54-49)35-27-29-42-46(31-35)53(48-41-25-14-12-22-38(41)37-21-11-13-24-40(37)47(42)48)36-28-30-45-43(32-36)39-23-15-16-26-44(39)51(45,33-17-7-5-8-18-33)34-19-9-6-10-20-34/h5-32H,1-4H3. The maximum absolute atomic E-state index is 6.63. The highest BCUT2D eigenvalue weighted by Crippen LogP contribution is 2.56. The monoisotopic (exact) mass is 709 g/mol. The number of aromatic nitrogens is 1. The molecule has 3 nitrogen and oxygen atoms in total. The lowest BCUT2D eigenvalue weighted by Crippen LogP contribution is -2.41. The summed E-state index contributed by atoms with van der Waals surface area (Å²) >= 11 is 0. The lowest BCUT2D eigenvalue weighted by Gasteiger charge is -2.33. The normalized spacial score (nSPS) is 16.6. The van der Waals surface area contributed by atoms with E-state index in [0.29, 0.717) is 0 Å². The molecule has 9 aromatic rings. The summed E-state index contributed by atoms with van der Waals surface area (Å²) in [6.45, 7) is 8.48. The molecule has 2 aliphatic rings. The van der Waals surface area contributed by atoms with Crippen molar-refractivity contribution >= 4 is 55.9 Å². The Balaban J connectivity index is 1.25. The van der Waals surface area contributed by atoms with Crippen molar-refractivity contribution in [3.63, 3.8) is 0 Å². The maximum Gasteiger partial charge on any atom is 0.494 e. The van der Waals surface area contributed by atoms with Crippen LogP contribution < -0.4 is 5.46 Å². The zero-order chi connectivity index (χ0) is 37.1. The van der Waals surface area contributed by atoms with Crippen molar-refractivity contribution < 1.29 is 9.31 Å². The van der Waals surface area contributed by atoms with Crippen LogP contribution in [-0.2, 0) is 14.7 Å². The second kappa shape index (κ2) is 11.5. The van der Waals surface area contributed by atoms with E-state index in [2.05, 4.69) is 202 Å². The van der Waals surface area contributed by atoms with E-state index in [1.165, 1.54) is 71.2 Å². The fraction of sp³-hybridized carbons (Fsp3) is 0.137. The van der Waals surface area contributed by atoms with E-state index >= 15 is 0 Å². The molecule has 0 radical (unpaired) electrons. The average molecular weight is 710 g/mol. The minimum absolute atomic E-state index is 0.441. The molecule has 11 rings (SSSR count). The first kappa shape index (κ1) is 32.5. The first-order chi connectivity index (χ1) is 26.8. The van der Waals surface area contributed by atoms with Gasteiger partial charge in [0.1, 0.15) is 0 Å². The number of rotatable bonds is 4. The number of fused-ring (bicyclic) bond motifs is 11. The summed E-state index contributed by atoms with van der Waals surface area (Å²) in [6, 6.07) is 62.7. The predicted molar refractivity (Wildman–Crippen MR) is 229 cm³/mol. The molecule has 1 aromatic heterocycles. The molecular formula is C51H40BNO2. The third-order valence-electron chi connectivity index (χ3n) is 12.9. The van der Waals surface area contributed by atoms with Crippen molar-refractivity contribution in [1.29, 1.82) is 0 Å². The topological polar surface area (TPSA) is 23.4 Å². The number of nitrogens with zero attached hydrogens (tertiary/aromatic N) is 1. The summed E-state index contributed by atoms with van der Waals surface area (Å²) in [4.78, 5) is 0. The van der Waals surface area contributed by atoms with Crippen LogP contribution in [0.4, 0.5) is 0 Å². The molecule has 4 heteroatoms. The van der Waals surface area contributed by atoms with E-state index < -0.39 is 23.7 Å². The second-order valence-corrected chi connectivity index (χ2v) is 16.3. The van der Waals surface area contributed by atoms with Gasteiger partial charge in [-0.25, -0.2) is 0 Å². The van der Waals surface area contributed by atoms with Gasteiger partial charge in [0.2, 0.25) is 0 Å². The molecule has 0 unspecified atom stereocenters. The summed E-state index contributed by atoms with van der Waals surface area (Å²) in [6.07, 6.45) is 0. The van der Waals surface area contributed by atoms with Crippen molar-refractivity contribution in [3.8, 4) is 16.8 Å². The summed E-state index contributed by atoms with van der Waals surface area (Å²) in [7, 11) is -0.474. The Kier molecular flexibility index (Phi) is 6.82. The van der Waals surface area contributed by atoms with Gasteiger partial charge in [0.15, 0.2) is 0 Å². The van der Waals surface area contributed by atoms with Gasteiger partial charge in [0, 0.05) is 21.8 Å². The predicted octanol–water partition coefficient (Wildman–Crippen LogP) is 11.8. The van der Waals surface area contributed by atoms with Gasteiger partial charge in [-0.3, -0.25) is 0 Å². The minimum Gasteiger partial charge on any atom is -0.399 e. The van der Waals surface area contributed by atoms with Gasteiger partial charge in [0.25, 0.3) is 0 Å². The van der Waals surface area contributed by atoms with Gasteiger partial charge in [-0.2, -0.15) is 0 Å². The van der Waals surface area contributed by atoms with Gasteiger partial charge in [-0.1, -0.05) is 152 Å². The van der Waals surface area contributed by atoms with E-state index in [4.69, 9.17) is 9.31 Å². The van der Waals surface area contributed by atoms with Crippen LogP contribution in [0.2, 0.25) is 0 Å². The zero-order valence-electron chi connectivity index (χ0n) is 31.5. The molecule has 8 aromatic carbocycles. The molecule has 1 fully saturated rings. The van der Waals surface area contributed by atoms with E-state index in [0.717, 1.165) is 16.7 Å². The molecule has 55 heavy (non-hydrogen) atoms. The summed E-state index contributed by atoms with van der Waals surface area (Å²) in [5.41, 5.74) is 10.8. The number of hydrogen-bond acceptors (Lipinski definition) is 2. The van der Waals surface area contributed by atoms with Crippen molar-refractivity contribution in [1.82, 2.24) is 4.57 Å². The third-order valence-corrected chi connectivity index (χ3v) is 12.9. The van der Waals surface area contributed by atoms with Crippen LogP contribution in [0.1, 0.15) is 49.9 Å². The van der Waals surface area contributed by atoms with Crippen LogP contribution in [0.15, 0.2) is 170 Å². The number of benzene rings is 8. The lowest BCUT2D eigenvalue weighted by atomic mass is 9.68. The highest BCUT2D eigenvalue weighted by molar-refractivity contribution is 6.62. The lowest BCUT2D eigenvalue weighted by molar-refractivity contribution is 0.00578. The van der Waals surface area contributed by atoms with Crippen LogP contribution in [-0.4, -0.2) is 22.9 Å². The Morgan fingerprint density at radius 1 is 0.455 bits per heavy atom. The molecule has 0 atom stereocenters. The van der Waals surface area contributed by atoms with Crippen LogP contribution >= 0.6 is 0 Å². The molecule has 0 bridgehead atoms. The van der Waals surface area contributed by atoms with Crippen molar-refractivity contribution in [3.05, 3.63) is 192 Å². The molecule has 2 heterocycles. The van der Waals surface area contributed by atoms with Crippen molar-refractivity contribution in [2.75, 3.05) is 0 Å². The van der Waals surface area contributed by atoms with Gasteiger partial charge in [-0.15, -0.1) is 0 Å². The minimum atomic E-state index is -0.474. The zero-order valence-corrected chi connectivity index (χ0v) is 31.5. The summed E-state index contributed by atoms with van der Waals surface area (Å²) < 4.78 is 15.8. The Morgan fingerprint density at radius 3 is 1.67 bits per heavy atom. The maximum atomic E-state index is 6.63. The number of hydrogen-bond donors (Lipinski definition) is 0. The first-order valence-corrected chi connectivity index (χ1v) is 19.4. The fourth-order valence-corrected chi connectivity index (χ4v) is 9.66. The highest BCUT2D eigenvalue weighted by Gasteiger charge is 2.52. The summed E-state index contributed by atoms with van der Waals surface area (Å²) in [5.74, 6) is 0. The van der Waals surface area contributed by atoms with Crippen molar-refractivity contribution in [2.45, 2.75) is 44.3 Å². The van der Waals surface area contributed by atoms with Crippen LogP contribution in [0.3, 0.4) is 0 Å².